The van der Waals surface area contributed by atoms with E-state index in [1.807, 2.05) is 0 Å². The number of phosphoric ester groups is 2. The van der Waals surface area contributed by atoms with Crippen molar-refractivity contribution in [3.05, 3.63) is 0 Å². The Hall–Kier alpha value is -1.94. The fourth-order valence-electron chi connectivity index (χ4n) is 11.0. The number of esters is 4. The molecular weight excluding hydrogens is 1210 g/mol. The summed E-state index contributed by atoms with van der Waals surface area (Å²) in [7, 11) is -9.91. The summed E-state index contributed by atoms with van der Waals surface area (Å²) in [6.45, 7) is 14.1. The lowest BCUT2D eigenvalue weighted by Crippen LogP contribution is -2.30. The molecule has 7 atom stereocenters. The third-order valence-corrected chi connectivity index (χ3v) is 19.4. The average molecular weight is 1350 g/mol. The number of unbranched alkanes of at least 4 members (excludes halogenated alkanes) is 34. The molecule has 3 N–H and O–H groups in total. The van der Waals surface area contributed by atoms with E-state index >= 15 is 0 Å². The fourth-order valence-corrected chi connectivity index (χ4v) is 12.5. The van der Waals surface area contributed by atoms with E-state index in [1.165, 1.54) is 161 Å². The van der Waals surface area contributed by atoms with E-state index < -0.39 is 97.5 Å². The van der Waals surface area contributed by atoms with Crippen LogP contribution in [0.2, 0.25) is 0 Å². The molecule has 19 heteroatoms. The normalized spacial score (nSPS) is 14.8. The second-order valence-electron chi connectivity index (χ2n) is 27.8. The summed E-state index contributed by atoms with van der Waals surface area (Å²) in [6.07, 6.45) is 45.9. The third-order valence-electron chi connectivity index (χ3n) is 17.5. The standard InChI is InChI=1S/C73H142O17P2/c1-9-65(7)51-43-35-26-19-15-13-11-12-14-16-22-29-39-47-55-72(77)89-69(60-84-71(76)54-46-38-32-31-34-42-50-64(5)6)62-88-92(81,82)86-58-67(74)57-85-91(79,80)87-61-68(90-73(78)56-48-40-30-24-23-25-33-41-49-63(3)4)59-83-70(75)53-45-37-28-21-18-17-20-27-36-44-52-66(8)10-2/h63-69,74H,9-62H2,1-8H3,(H,79,80)(H,81,82)/t65?,66?,67-,68-,69-/m1/s1. The number of ether oxygens (including phenoxy) is 4. The molecule has 0 amide bonds. The molecule has 0 aliphatic rings. The maximum Gasteiger partial charge on any atom is 0.472 e. The maximum absolute atomic E-state index is 13.0. The van der Waals surface area contributed by atoms with Crippen LogP contribution in [0.4, 0.5) is 0 Å². The first-order chi connectivity index (χ1) is 44.2. The number of aliphatic hydroxyl groups excluding tert-OH is 1. The quantitative estimate of drug-likeness (QED) is 0.0222. The van der Waals surface area contributed by atoms with Crippen LogP contribution in [0.5, 0.6) is 0 Å². The first kappa shape index (κ1) is 90.1. The van der Waals surface area contributed by atoms with Gasteiger partial charge in [0, 0.05) is 25.7 Å². The first-order valence-corrected chi connectivity index (χ1v) is 40.8. The van der Waals surface area contributed by atoms with Crippen LogP contribution < -0.4 is 0 Å². The zero-order valence-corrected chi connectivity index (χ0v) is 62.0. The highest BCUT2D eigenvalue weighted by Gasteiger charge is 2.30. The van der Waals surface area contributed by atoms with Crippen LogP contribution in [0, 0.1) is 23.7 Å². The van der Waals surface area contributed by atoms with Crippen LogP contribution in [0.1, 0.15) is 364 Å². The topological polar surface area (TPSA) is 237 Å². The minimum atomic E-state index is -4.95. The molecule has 0 saturated carbocycles. The highest BCUT2D eigenvalue weighted by atomic mass is 31.2. The third kappa shape index (κ3) is 64.1. The van der Waals surface area contributed by atoms with E-state index in [9.17, 15) is 43.2 Å². The van der Waals surface area contributed by atoms with Crippen molar-refractivity contribution in [3.63, 3.8) is 0 Å². The molecule has 0 saturated heterocycles. The number of carbonyl (C=O) groups is 4. The van der Waals surface area contributed by atoms with Crippen molar-refractivity contribution < 1.29 is 80.2 Å². The SMILES string of the molecule is CCC(C)CCCCCCCCCCCCCCCCC(=O)O[C@H](COC(=O)CCCCCCCCC(C)C)COP(=O)(O)OC[C@H](O)COP(=O)(O)OC[C@@H](COC(=O)CCCCCCCCCCCCC(C)CC)OC(=O)CCCCCCCCCCC(C)C. The molecule has 546 valence electrons. The van der Waals surface area contributed by atoms with Crippen molar-refractivity contribution in [3.8, 4) is 0 Å². The van der Waals surface area contributed by atoms with Crippen molar-refractivity contribution >= 4 is 39.5 Å². The van der Waals surface area contributed by atoms with E-state index in [1.54, 1.807) is 0 Å². The minimum Gasteiger partial charge on any atom is -0.462 e. The van der Waals surface area contributed by atoms with Gasteiger partial charge in [0.2, 0.25) is 0 Å². The number of carbonyl (C=O) groups excluding carboxylic acids is 4. The Labute approximate surface area is 562 Å². The first-order valence-electron chi connectivity index (χ1n) is 37.8. The molecule has 0 spiro atoms. The lowest BCUT2D eigenvalue weighted by Gasteiger charge is -2.21. The molecule has 0 rings (SSSR count). The molecular formula is C73H142O17P2. The van der Waals surface area contributed by atoms with Gasteiger partial charge in [-0.3, -0.25) is 37.3 Å². The molecule has 0 aliphatic heterocycles. The van der Waals surface area contributed by atoms with Gasteiger partial charge in [0.05, 0.1) is 26.4 Å². The summed E-state index contributed by atoms with van der Waals surface area (Å²) in [6, 6.07) is 0. The number of hydrogen-bond donors (Lipinski definition) is 3. The highest BCUT2D eigenvalue weighted by Crippen LogP contribution is 2.45. The summed E-state index contributed by atoms with van der Waals surface area (Å²) in [5.74, 6) is 0.925. The van der Waals surface area contributed by atoms with Gasteiger partial charge in [-0.25, -0.2) is 9.13 Å². The Morgan fingerprint density at radius 1 is 0.304 bits per heavy atom. The van der Waals surface area contributed by atoms with E-state index in [-0.39, 0.29) is 25.7 Å². The fraction of sp³-hybridized carbons (Fsp3) is 0.945. The molecule has 92 heavy (non-hydrogen) atoms. The lowest BCUT2D eigenvalue weighted by molar-refractivity contribution is -0.161. The Balaban J connectivity index is 5.21. The zero-order chi connectivity index (χ0) is 68.2. The van der Waals surface area contributed by atoms with E-state index in [2.05, 4.69) is 55.4 Å². The van der Waals surface area contributed by atoms with Crippen molar-refractivity contribution in [1.82, 2.24) is 0 Å². The Morgan fingerprint density at radius 2 is 0.522 bits per heavy atom. The number of rotatable bonds is 70. The van der Waals surface area contributed by atoms with Gasteiger partial charge in [0.15, 0.2) is 12.2 Å². The molecule has 0 aromatic rings. The van der Waals surface area contributed by atoms with Crippen LogP contribution in [0.15, 0.2) is 0 Å². The summed E-state index contributed by atoms with van der Waals surface area (Å²) >= 11 is 0. The zero-order valence-electron chi connectivity index (χ0n) is 60.2. The monoisotopic (exact) mass is 1350 g/mol. The molecule has 0 radical (unpaired) electrons. The summed E-state index contributed by atoms with van der Waals surface area (Å²) in [5.41, 5.74) is 0. The number of aliphatic hydroxyl groups is 1. The molecule has 0 heterocycles. The Bertz CT molecular complexity index is 1820. The van der Waals surface area contributed by atoms with Crippen LogP contribution in [0.25, 0.3) is 0 Å². The summed E-state index contributed by atoms with van der Waals surface area (Å²) in [5, 5.41) is 10.6. The highest BCUT2D eigenvalue weighted by molar-refractivity contribution is 7.47. The van der Waals surface area contributed by atoms with Gasteiger partial charge < -0.3 is 33.8 Å². The number of phosphoric acid groups is 2. The lowest BCUT2D eigenvalue weighted by atomic mass is 9.99. The minimum absolute atomic E-state index is 0.104. The smallest absolute Gasteiger partial charge is 0.462 e. The molecule has 0 aromatic carbocycles. The van der Waals surface area contributed by atoms with Crippen molar-refractivity contribution in [2.24, 2.45) is 23.7 Å². The van der Waals surface area contributed by atoms with Crippen LogP contribution >= 0.6 is 15.6 Å². The van der Waals surface area contributed by atoms with Crippen LogP contribution in [-0.2, 0) is 65.4 Å². The van der Waals surface area contributed by atoms with Crippen LogP contribution in [-0.4, -0.2) is 96.7 Å². The molecule has 4 unspecified atom stereocenters. The molecule has 17 nitrogen and oxygen atoms in total. The molecule has 0 fully saturated rings. The Morgan fingerprint density at radius 3 is 0.772 bits per heavy atom. The van der Waals surface area contributed by atoms with Gasteiger partial charge in [-0.15, -0.1) is 0 Å². The number of hydrogen-bond acceptors (Lipinski definition) is 15. The second kappa shape index (κ2) is 62.6. The van der Waals surface area contributed by atoms with Gasteiger partial charge in [-0.1, -0.05) is 312 Å². The molecule has 0 aromatic heterocycles. The predicted molar refractivity (Wildman–Crippen MR) is 372 cm³/mol. The second-order valence-corrected chi connectivity index (χ2v) is 30.7. The predicted octanol–water partition coefficient (Wildman–Crippen LogP) is 20.9. The Kier molecular flexibility index (Phi) is 61.3. The van der Waals surface area contributed by atoms with E-state index in [0.29, 0.717) is 31.6 Å². The molecule has 0 aliphatic carbocycles. The van der Waals surface area contributed by atoms with E-state index in [4.69, 9.17) is 37.0 Å². The van der Waals surface area contributed by atoms with Gasteiger partial charge in [-0.05, 0) is 49.4 Å². The summed E-state index contributed by atoms with van der Waals surface area (Å²) in [4.78, 5) is 72.6. The van der Waals surface area contributed by atoms with Crippen molar-refractivity contribution in [2.75, 3.05) is 39.6 Å². The van der Waals surface area contributed by atoms with Crippen molar-refractivity contribution in [2.45, 2.75) is 382 Å². The van der Waals surface area contributed by atoms with Gasteiger partial charge in [0.25, 0.3) is 0 Å². The average Bonchev–Trinajstić information content (AvgIpc) is 3.71. The van der Waals surface area contributed by atoms with Crippen LogP contribution in [0.3, 0.4) is 0 Å². The van der Waals surface area contributed by atoms with Gasteiger partial charge in [0.1, 0.15) is 19.3 Å². The van der Waals surface area contributed by atoms with Gasteiger partial charge in [-0.2, -0.15) is 0 Å². The summed E-state index contributed by atoms with van der Waals surface area (Å²) < 4.78 is 68.4. The van der Waals surface area contributed by atoms with Gasteiger partial charge >= 0.3 is 39.5 Å². The largest absolute Gasteiger partial charge is 0.472 e. The van der Waals surface area contributed by atoms with E-state index in [0.717, 1.165) is 114 Å². The molecule has 0 bridgehead atoms. The maximum atomic E-state index is 13.0. The van der Waals surface area contributed by atoms with Crippen molar-refractivity contribution in [1.29, 1.82) is 0 Å².